The predicted molar refractivity (Wildman–Crippen MR) is 87.1 cm³/mol. The smallest absolute Gasteiger partial charge is 0.419 e. The van der Waals surface area contributed by atoms with Crippen LogP contribution < -0.4 is 15.8 Å². The van der Waals surface area contributed by atoms with Crippen molar-refractivity contribution in [3.63, 3.8) is 0 Å². The van der Waals surface area contributed by atoms with Gasteiger partial charge in [-0.1, -0.05) is 6.07 Å². The van der Waals surface area contributed by atoms with Crippen molar-refractivity contribution < 1.29 is 13.9 Å². The van der Waals surface area contributed by atoms with E-state index in [0.29, 0.717) is 34.6 Å². The van der Waals surface area contributed by atoms with Crippen LogP contribution in [0.4, 0.5) is 5.69 Å². The van der Waals surface area contributed by atoms with Gasteiger partial charge in [-0.05, 0) is 37.3 Å². The quantitative estimate of drug-likeness (QED) is 0.804. The molecule has 3 aromatic rings. The van der Waals surface area contributed by atoms with Crippen molar-refractivity contribution in [1.29, 1.82) is 0 Å². The van der Waals surface area contributed by atoms with Crippen molar-refractivity contribution in [2.45, 2.75) is 13.5 Å². The molecule has 6 nitrogen and oxygen atoms in total. The number of ether oxygens (including phenoxy) is 1. The van der Waals surface area contributed by atoms with Gasteiger partial charge in [-0.15, -0.1) is 0 Å². The molecule has 1 aromatic heterocycles. The Hall–Kier alpha value is -3.02. The van der Waals surface area contributed by atoms with E-state index in [0.717, 1.165) is 0 Å². The fraction of sp³-hybridized carbons (Fsp3) is 0.176. The van der Waals surface area contributed by atoms with Crippen molar-refractivity contribution in [1.82, 2.24) is 4.57 Å². The van der Waals surface area contributed by atoms with E-state index in [1.54, 1.807) is 49.6 Å². The van der Waals surface area contributed by atoms with E-state index < -0.39 is 5.76 Å². The molecule has 0 saturated heterocycles. The summed E-state index contributed by atoms with van der Waals surface area (Å²) in [6.07, 6.45) is 0. The fourth-order valence-corrected chi connectivity index (χ4v) is 2.41. The Bertz CT molecular complexity index is 924. The highest BCUT2D eigenvalue weighted by Crippen LogP contribution is 2.19. The van der Waals surface area contributed by atoms with Crippen LogP contribution in [0.25, 0.3) is 11.1 Å². The first kappa shape index (κ1) is 14.9. The van der Waals surface area contributed by atoms with Gasteiger partial charge in [0.25, 0.3) is 5.91 Å². The molecule has 0 spiro atoms. The number of amides is 1. The summed E-state index contributed by atoms with van der Waals surface area (Å²) in [5, 5.41) is 2.80. The number of nitrogens with zero attached hydrogens (tertiary/aromatic N) is 1. The van der Waals surface area contributed by atoms with Gasteiger partial charge in [0.2, 0.25) is 0 Å². The molecule has 1 N–H and O–H groups in total. The molecule has 0 saturated carbocycles. The second kappa shape index (κ2) is 6.00. The van der Waals surface area contributed by atoms with Gasteiger partial charge < -0.3 is 14.5 Å². The second-order valence-electron chi connectivity index (χ2n) is 4.98. The molecule has 0 unspecified atom stereocenters. The Balaban J connectivity index is 1.92. The highest BCUT2D eigenvalue weighted by Gasteiger charge is 2.12. The van der Waals surface area contributed by atoms with Gasteiger partial charge in [0.05, 0.1) is 12.6 Å². The van der Waals surface area contributed by atoms with Crippen molar-refractivity contribution in [2.24, 2.45) is 0 Å². The molecule has 0 fully saturated rings. The molecule has 0 radical (unpaired) electrons. The number of aromatic nitrogens is 1. The molecule has 1 amide bonds. The van der Waals surface area contributed by atoms with Gasteiger partial charge in [-0.2, -0.15) is 0 Å². The van der Waals surface area contributed by atoms with Crippen LogP contribution in [0.15, 0.2) is 51.7 Å². The molecule has 3 rings (SSSR count). The predicted octanol–water partition coefficient (Wildman–Crippen LogP) is 2.88. The summed E-state index contributed by atoms with van der Waals surface area (Å²) in [4.78, 5) is 24.1. The number of hydrogen-bond donors (Lipinski definition) is 1. The number of oxazole rings is 1. The standard InChI is InChI=1S/C17H16N2O4/c1-3-19-14-9-11(7-8-15(14)23-17(19)21)16(20)18-12-5-4-6-13(10-12)22-2/h4-10H,3H2,1-2H3,(H,18,20). The van der Waals surface area contributed by atoms with Gasteiger partial charge in [-0.25, -0.2) is 4.79 Å². The monoisotopic (exact) mass is 312 g/mol. The van der Waals surface area contributed by atoms with Crippen LogP contribution in [-0.2, 0) is 6.54 Å². The Morgan fingerprint density at radius 1 is 1.26 bits per heavy atom. The van der Waals surface area contributed by atoms with Crippen LogP contribution in [0.1, 0.15) is 17.3 Å². The van der Waals surface area contributed by atoms with Crippen molar-refractivity contribution in [3.05, 3.63) is 58.6 Å². The minimum atomic E-state index is -0.423. The third-order valence-corrected chi connectivity index (χ3v) is 3.57. The van der Waals surface area contributed by atoms with E-state index in [4.69, 9.17) is 9.15 Å². The van der Waals surface area contributed by atoms with Crippen molar-refractivity contribution in [3.8, 4) is 5.75 Å². The average Bonchev–Trinajstić information content (AvgIpc) is 2.89. The van der Waals surface area contributed by atoms with E-state index in [1.165, 1.54) is 4.57 Å². The number of fused-ring (bicyclic) bond motifs is 1. The van der Waals surface area contributed by atoms with E-state index >= 15 is 0 Å². The molecule has 6 heteroatoms. The number of rotatable bonds is 4. The lowest BCUT2D eigenvalue weighted by atomic mass is 10.2. The number of carbonyl (C=O) groups excluding carboxylic acids is 1. The maximum atomic E-state index is 12.4. The van der Waals surface area contributed by atoms with Gasteiger partial charge >= 0.3 is 5.76 Å². The topological polar surface area (TPSA) is 73.5 Å². The van der Waals surface area contributed by atoms with Gasteiger partial charge in [-0.3, -0.25) is 9.36 Å². The van der Waals surface area contributed by atoms with Crippen LogP contribution in [0, 0.1) is 0 Å². The minimum absolute atomic E-state index is 0.267. The minimum Gasteiger partial charge on any atom is -0.497 e. The zero-order valence-corrected chi connectivity index (χ0v) is 12.8. The van der Waals surface area contributed by atoms with Crippen molar-refractivity contribution in [2.75, 3.05) is 12.4 Å². The third-order valence-electron chi connectivity index (χ3n) is 3.57. The average molecular weight is 312 g/mol. The summed E-state index contributed by atoms with van der Waals surface area (Å²) >= 11 is 0. The van der Waals surface area contributed by atoms with E-state index in [2.05, 4.69) is 5.32 Å². The third kappa shape index (κ3) is 2.83. The van der Waals surface area contributed by atoms with Crippen LogP contribution >= 0.6 is 0 Å². The molecule has 2 aromatic carbocycles. The number of anilines is 1. The highest BCUT2D eigenvalue weighted by molar-refractivity contribution is 6.05. The zero-order valence-electron chi connectivity index (χ0n) is 12.8. The summed E-state index contributed by atoms with van der Waals surface area (Å²) in [7, 11) is 1.57. The summed E-state index contributed by atoms with van der Waals surface area (Å²) in [6, 6.07) is 12.0. The first-order valence-corrected chi connectivity index (χ1v) is 7.21. The van der Waals surface area contributed by atoms with Crippen LogP contribution in [0.3, 0.4) is 0 Å². The first-order valence-electron chi connectivity index (χ1n) is 7.21. The molecule has 0 aliphatic heterocycles. The highest BCUT2D eigenvalue weighted by atomic mass is 16.5. The summed E-state index contributed by atoms with van der Waals surface area (Å²) in [6.45, 7) is 2.33. The van der Waals surface area contributed by atoms with E-state index in [9.17, 15) is 9.59 Å². The number of hydrogen-bond acceptors (Lipinski definition) is 4. The number of carbonyl (C=O) groups is 1. The molecule has 118 valence electrons. The molecule has 0 aliphatic rings. The number of nitrogens with one attached hydrogen (secondary N) is 1. The lowest BCUT2D eigenvalue weighted by Crippen LogP contribution is -2.14. The number of methoxy groups -OCH3 is 1. The molecule has 0 aliphatic carbocycles. The summed E-state index contributed by atoms with van der Waals surface area (Å²) in [5.41, 5.74) is 2.16. The lowest BCUT2D eigenvalue weighted by molar-refractivity contribution is 0.102. The molecule has 23 heavy (non-hydrogen) atoms. The fourth-order valence-electron chi connectivity index (χ4n) is 2.41. The Morgan fingerprint density at radius 2 is 2.09 bits per heavy atom. The SMILES string of the molecule is CCn1c(=O)oc2ccc(C(=O)Nc3cccc(OC)c3)cc21. The Morgan fingerprint density at radius 3 is 2.83 bits per heavy atom. The number of benzene rings is 2. The molecule has 0 bridgehead atoms. The number of aryl methyl sites for hydroxylation is 1. The van der Waals surface area contributed by atoms with Crippen molar-refractivity contribution >= 4 is 22.7 Å². The maximum absolute atomic E-state index is 12.4. The Labute approximate surface area is 132 Å². The Kier molecular flexibility index (Phi) is 3.89. The van der Waals surface area contributed by atoms with E-state index in [-0.39, 0.29) is 5.91 Å². The summed E-state index contributed by atoms with van der Waals surface area (Å²) in [5.74, 6) is -0.0304. The molecular weight excluding hydrogens is 296 g/mol. The van der Waals surface area contributed by atoms with E-state index in [1.807, 2.05) is 6.92 Å². The van der Waals surface area contributed by atoms with Crippen LogP contribution in [0.5, 0.6) is 5.75 Å². The largest absolute Gasteiger partial charge is 0.497 e. The van der Waals surface area contributed by atoms with Gasteiger partial charge in [0, 0.05) is 23.9 Å². The zero-order chi connectivity index (χ0) is 16.4. The lowest BCUT2D eigenvalue weighted by Gasteiger charge is -2.07. The van der Waals surface area contributed by atoms with Gasteiger partial charge in [0.15, 0.2) is 5.58 Å². The van der Waals surface area contributed by atoms with Crippen LogP contribution in [0.2, 0.25) is 0 Å². The van der Waals surface area contributed by atoms with Gasteiger partial charge in [0.1, 0.15) is 5.75 Å². The maximum Gasteiger partial charge on any atom is 0.419 e. The van der Waals surface area contributed by atoms with Crippen LogP contribution in [-0.4, -0.2) is 17.6 Å². The molecule has 1 heterocycles. The normalized spacial score (nSPS) is 10.7. The molecule has 0 atom stereocenters. The summed E-state index contributed by atoms with van der Waals surface area (Å²) < 4.78 is 11.7. The molecular formula is C17H16N2O4. The second-order valence-corrected chi connectivity index (χ2v) is 4.98. The first-order chi connectivity index (χ1) is 11.1.